The summed E-state index contributed by atoms with van der Waals surface area (Å²) in [5.74, 6) is -7.89. The molecule has 5 amide bonds. The van der Waals surface area contributed by atoms with Gasteiger partial charge in [-0.15, -0.1) is 11.8 Å². The molecular formula is C45H56F5N7O10S. The summed E-state index contributed by atoms with van der Waals surface area (Å²) in [4.78, 5) is 87.6. The average Bonchev–Trinajstić information content (AvgIpc) is 3.98. The van der Waals surface area contributed by atoms with E-state index in [0.717, 1.165) is 40.4 Å². The van der Waals surface area contributed by atoms with Gasteiger partial charge in [0.1, 0.15) is 24.3 Å². The first-order chi connectivity index (χ1) is 31.8. The minimum Gasteiger partial charge on any atom is -0.480 e. The number of nitrogens with zero attached hydrogens (tertiary/aromatic N) is 3. The number of hydrogen-bond donors (Lipinski definition) is 7. The number of thioether (sulfide) groups is 1. The van der Waals surface area contributed by atoms with Crippen LogP contribution in [0.5, 0.6) is 0 Å². The topological polar surface area (TPSA) is 268 Å². The summed E-state index contributed by atoms with van der Waals surface area (Å²) in [6.07, 6.45) is -2.11. The maximum atomic E-state index is 15.1. The first-order valence-corrected chi connectivity index (χ1v) is 22.5. The van der Waals surface area contributed by atoms with Crippen molar-refractivity contribution in [3.63, 3.8) is 0 Å². The molecule has 1 saturated heterocycles. The molecule has 3 aromatic rings. The second-order valence-corrected chi connectivity index (χ2v) is 18.7. The Morgan fingerprint density at radius 3 is 2.22 bits per heavy atom. The number of carbonyl (C=O) groups is 7. The molecule has 1 aromatic heterocycles. The minimum absolute atomic E-state index is 0.0191. The van der Waals surface area contributed by atoms with Crippen molar-refractivity contribution >= 4 is 53.2 Å². The molecule has 0 bridgehead atoms. The lowest BCUT2D eigenvalue weighted by Crippen LogP contribution is -2.49. The van der Waals surface area contributed by atoms with Crippen LogP contribution in [0.4, 0.5) is 22.0 Å². The summed E-state index contributed by atoms with van der Waals surface area (Å²) in [6, 6.07) is 11.1. The summed E-state index contributed by atoms with van der Waals surface area (Å²) in [5.41, 5.74) is 13.2. The van der Waals surface area contributed by atoms with Crippen LogP contribution in [-0.4, -0.2) is 133 Å². The van der Waals surface area contributed by atoms with Gasteiger partial charge in [0.2, 0.25) is 29.5 Å². The number of imide groups is 1. The van der Waals surface area contributed by atoms with Crippen LogP contribution < -0.4 is 22.1 Å². The molecule has 1 aliphatic carbocycles. The molecule has 2 fully saturated rings. The summed E-state index contributed by atoms with van der Waals surface area (Å²) < 4.78 is 63.1. The van der Waals surface area contributed by atoms with E-state index < -0.39 is 94.7 Å². The highest BCUT2D eigenvalue weighted by molar-refractivity contribution is 8.00. The van der Waals surface area contributed by atoms with E-state index in [9.17, 15) is 51.4 Å². The van der Waals surface area contributed by atoms with Crippen molar-refractivity contribution in [3.05, 3.63) is 83.7 Å². The SMILES string of the molecule is CC(C)(C)[C@H](c1cc(-c2cc(F)ccc2F)cn1Cc1ccccc1)N(CC[C@H](N)C(=O)N[C@H]1CC[C@@H](C(=O)NCCN2C(=O)CC(SC[C@H](N)C(=O)O)C2=O)C1)C(=O)CO.O=C(O)C(F)(F)F. The van der Waals surface area contributed by atoms with E-state index in [2.05, 4.69) is 10.6 Å². The van der Waals surface area contributed by atoms with Crippen LogP contribution in [0.25, 0.3) is 11.1 Å². The third kappa shape index (κ3) is 15.0. The van der Waals surface area contributed by atoms with Crippen LogP contribution in [0, 0.1) is 23.0 Å². The molecule has 2 aromatic carbocycles. The zero-order chi connectivity index (χ0) is 50.7. The number of hydrogen-bond acceptors (Lipinski definition) is 11. The number of aromatic nitrogens is 1. The molecule has 2 aliphatic rings. The smallest absolute Gasteiger partial charge is 0.480 e. The van der Waals surface area contributed by atoms with E-state index in [4.69, 9.17) is 26.5 Å². The molecule has 2 heterocycles. The molecule has 17 nitrogen and oxygen atoms in total. The Morgan fingerprint density at radius 1 is 0.956 bits per heavy atom. The van der Waals surface area contributed by atoms with Crippen LogP contribution in [-0.2, 0) is 40.1 Å². The van der Waals surface area contributed by atoms with Gasteiger partial charge in [-0.2, -0.15) is 13.2 Å². The number of amides is 5. The highest BCUT2D eigenvalue weighted by Gasteiger charge is 2.41. The van der Waals surface area contributed by atoms with Crippen molar-refractivity contribution < 1.29 is 70.8 Å². The fraction of sp³-hybridized carbons (Fsp3) is 0.489. The van der Waals surface area contributed by atoms with Crippen molar-refractivity contribution in [3.8, 4) is 11.1 Å². The molecule has 0 radical (unpaired) electrons. The number of aliphatic hydroxyl groups excluding tert-OH is 1. The van der Waals surface area contributed by atoms with Gasteiger partial charge in [0.25, 0.3) is 0 Å². The zero-order valence-corrected chi connectivity index (χ0v) is 38.3. The lowest BCUT2D eigenvalue weighted by Gasteiger charge is -2.41. The van der Waals surface area contributed by atoms with Gasteiger partial charge in [-0.1, -0.05) is 51.1 Å². The van der Waals surface area contributed by atoms with Gasteiger partial charge >= 0.3 is 18.1 Å². The van der Waals surface area contributed by atoms with Gasteiger partial charge in [-0.25, -0.2) is 13.6 Å². The molecule has 6 atom stereocenters. The molecule has 372 valence electrons. The lowest BCUT2D eigenvalue weighted by atomic mass is 9.82. The Bertz CT molecular complexity index is 2290. The first kappa shape index (κ1) is 54.7. The molecule has 68 heavy (non-hydrogen) atoms. The average molecular weight is 982 g/mol. The maximum absolute atomic E-state index is 15.1. The predicted octanol–water partition coefficient (Wildman–Crippen LogP) is 3.41. The molecule has 1 unspecified atom stereocenters. The third-order valence-electron chi connectivity index (χ3n) is 11.3. The second kappa shape index (κ2) is 23.9. The number of halogens is 5. The molecule has 1 saturated carbocycles. The molecule has 5 rings (SSSR count). The number of carboxylic acid groups (broad SMARTS) is 2. The van der Waals surface area contributed by atoms with Crippen LogP contribution in [0.3, 0.4) is 0 Å². The van der Waals surface area contributed by atoms with Crippen molar-refractivity contribution in [1.82, 2.24) is 25.0 Å². The van der Waals surface area contributed by atoms with Crippen molar-refractivity contribution in [1.29, 1.82) is 0 Å². The normalized spacial score (nSPS) is 18.6. The van der Waals surface area contributed by atoms with Gasteiger partial charge in [0, 0.05) is 73.3 Å². The van der Waals surface area contributed by atoms with E-state index in [0.29, 0.717) is 37.1 Å². The number of likely N-dealkylation sites (tertiary alicyclic amines) is 1. The highest BCUT2D eigenvalue weighted by Crippen LogP contribution is 2.41. The number of benzene rings is 2. The maximum Gasteiger partial charge on any atom is 0.490 e. The lowest BCUT2D eigenvalue weighted by molar-refractivity contribution is -0.192. The first-order valence-electron chi connectivity index (χ1n) is 21.5. The largest absolute Gasteiger partial charge is 0.490 e. The molecule has 9 N–H and O–H groups in total. The number of aliphatic hydroxyl groups is 1. The summed E-state index contributed by atoms with van der Waals surface area (Å²) in [5, 5.41) is 31.2. The summed E-state index contributed by atoms with van der Waals surface area (Å²) in [7, 11) is 0. The Morgan fingerprint density at radius 2 is 1.62 bits per heavy atom. The molecular weight excluding hydrogens is 926 g/mol. The van der Waals surface area contributed by atoms with Gasteiger partial charge in [0.15, 0.2) is 0 Å². The van der Waals surface area contributed by atoms with Crippen molar-refractivity contribution in [2.45, 2.75) is 95.0 Å². The van der Waals surface area contributed by atoms with E-state index in [1.807, 2.05) is 55.7 Å². The highest BCUT2D eigenvalue weighted by atomic mass is 32.2. The Labute approximate surface area is 392 Å². The Balaban J connectivity index is 0.00000133. The van der Waals surface area contributed by atoms with Gasteiger partial charge in [-0.05, 0) is 60.9 Å². The zero-order valence-electron chi connectivity index (χ0n) is 37.5. The van der Waals surface area contributed by atoms with E-state index in [-0.39, 0.29) is 55.7 Å². The molecule has 1 aliphatic heterocycles. The number of aliphatic carboxylic acids is 2. The molecule has 0 spiro atoms. The van der Waals surface area contributed by atoms with Crippen LogP contribution in [0.2, 0.25) is 0 Å². The third-order valence-corrected chi connectivity index (χ3v) is 12.6. The number of carboxylic acids is 2. The van der Waals surface area contributed by atoms with Crippen molar-refractivity contribution in [2.75, 3.05) is 32.0 Å². The van der Waals surface area contributed by atoms with Crippen LogP contribution in [0.1, 0.15) is 70.2 Å². The van der Waals surface area contributed by atoms with Gasteiger partial charge in [-0.3, -0.25) is 33.7 Å². The monoisotopic (exact) mass is 981 g/mol. The van der Waals surface area contributed by atoms with Crippen molar-refractivity contribution in [2.24, 2.45) is 22.8 Å². The van der Waals surface area contributed by atoms with Crippen LogP contribution in [0.15, 0.2) is 60.8 Å². The quantitative estimate of drug-likeness (QED) is 0.0672. The summed E-state index contributed by atoms with van der Waals surface area (Å²) in [6.45, 7) is 5.24. The fourth-order valence-electron chi connectivity index (χ4n) is 7.91. The number of rotatable bonds is 19. The molecule has 23 heteroatoms. The van der Waals surface area contributed by atoms with Gasteiger partial charge in [0.05, 0.1) is 17.3 Å². The van der Waals surface area contributed by atoms with Gasteiger partial charge < -0.3 is 46.9 Å². The predicted molar refractivity (Wildman–Crippen MR) is 238 cm³/mol. The van der Waals surface area contributed by atoms with Crippen LogP contribution >= 0.6 is 11.8 Å². The fourth-order valence-corrected chi connectivity index (χ4v) is 9.03. The van der Waals surface area contributed by atoms with E-state index in [1.54, 1.807) is 12.3 Å². The number of carbonyl (C=O) groups excluding carboxylic acids is 5. The standard InChI is InChI=1S/C43H55F2N7O8S.C2HF3O2/c1-43(2,3)38(34-18-27(30-19-28(44)10-12-31(30)45)22-50(34)21-25-7-5-4-6-8-25)51(37(55)23-53)15-13-32(46)40(57)49-29-11-9-26(17-29)39(56)48-14-16-52-36(54)20-35(41(52)58)61-24-33(47)42(59)60;3-2(4,5)1(6)7/h4-8,10,12,18-19,22,26,29,32-33,35,38,53H,9,11,13-17,20-21,23-24,46-47H2,1-3H3,(H,48,56)(H,49,57)(H,59,60);(H,6,7)/t26-,29+,32+,33+,35?,38+;/m1./s1. The number of nitrogens with one attached hydrogen (secondary N) is 2. The Kier molecular flexibility index (Phi) is 19.2. The minimum atomic E-state index is -5.08. The second-order valence-electron chi connectivity index (χ2n) is 17.5. The number of nitrogens with two attached hydrogens (primary N) is 2. The van der Waals surface area contributed by atoms with E-state index >= 15 is 4.39 Å². The Hall–Kier alpha value is -5.91. The summed E-state index contributed by atoms with van der Waals surface area (Å²) >= 11 is 1.01. The van der Waals surface area contributed by atoms with E-state index in [1.165, 1.54) is 4.90 Å². The number of alkyl halides is 3.